The maximum Gasteiger partial charge on any atom is 0.123 e. The Morgan fingerprint density at radius 3 is 2.11 bits per heavy atom. The van der Waals surface area contributed by atoms with Crippen LogP contribution < -0.4 is 14.2 Å². The second kappa shape index (κ2) is 14.9. The highest BCUT2D eigenvalue weighted by atomic mass is 19.1. The van der Waals surface area contributed by atoms with Crippen LogP contribution in [-0.2, 0) is 6.54 Å². The lowest BCUT2D eigenvalue weighted by Gasteiger charge is -2.20. The van der Waals surface area contributed by atoms with Gasteiger partial charge in [0.05, 0.1) is 20.8 Å². The number of nitrogens with zero attached hydrogens (tertiary/aromatic N) is 1. The molecule has 36 heavy (non-hydrogen) atoms. The van der Waals surface area contributed by atoms with Gasteiger partial charge < -0.3 is 14.2 Å². The summed E-state index contributed by atoms with van der Waals surface area (Å²) in [5.41, 5.74) is 3.15. The molecule has 0 aliphatic heterocycles. The molecular formula is C31H38FNO3. The van der Waals surface area contributed by atoms with Crippen LogP contribution in [0.3, 0.4) is 0 Å². The van der Waals surface area contributed by atoms with E-state index in [4.69, 9.17) is 14.2 Å². The van der Waals surface area contributed by atoms with Crippen molar-refractivity contribution in [2.45, 2.75) is 39.2 Å². The van der Waals surface area contributed by atoms with E-state index in [1.54, 1.807) is 26.4 Å². The Labute approximate surface area is 215 Å². The molecular weight excluding hydrogens is 453 g/mol. The summed E-state index contributed by atoms with van der Waals surface area (Å²) >= 11 is 0. The Hall–Kier alpha value is -3.31. The first-order valence-corrected chi connectivity index (χ1v) is 12.7. The lowest BCUT2D eigenvalue weighted by molar-refractivity contribution is 0.267. The molecule has 0 aliphatic carbocycles. The fraction of sp³-hybridized carbons (Fsp3) is 0.355. The Morgan fingerprint density at radius 2 is 1.44 bits per heavy atom. The van der Waals surface area contributed by atoms with Gasteiger partial charge in [0.2, 0.25) is 0 Å². The molecule has 0 aromatic heterocycles. The third-order valence-electron chi connectivity index (χ3n) is 6.10. The van der Waals surface area contributed by atoms with Crippen molar-refractivity contribution < 1.29 is 18.6 Å². The smallest absolute Gasteiger partial charge is 0.123 e. The lowest BCUT2D eigenvalue weighted by Crippen LogP contribution is -2.24. The highest BCUT2D eigenvalue weighted by molar-refractivity contribution is 5.71. The fourth-order valence-corrected chi connectivity index (χ4v) is 4.02. The van der Waals surface area contributed by atoms with Gasteiger partial charge in [-0.25, -0.2) is 4.39 Å². The number of methoxy groups -OCH3 is 2. The summed E-state index contributed by atoms with van der Waals surface area (Å²) in [6.45, 7) is 5.68. The Morgan fingerprint density at radius 1 is 0.750 bits per heavy atom. The SMILES string of the molecule is CCN(CCCCCCOc1ccc(/C=C/c2cc(OC)cc(OC)c2)cc1)Cc1cccc(F)c1. The van der Waals surface area contributed by atoms with Crippen LogP contribution in [-0.4, -0.2) is 38.8 Å². The van der Waals surface area contributed by atoms with Gasteiger partial charge in [0.15, 0.2) is 0 Å². The van der Waals surface area contributed by atoms with Crippen LogP contribution in [0.2, 0.25) is 0 Å². The number of rotatable bonds is 15. The largest absolute Gasteiger partial charge is 0.497 e. The minimum absolute atomic E-state index is 0.163. The molecule has 0 unspecified atom stereocenters. The monoisotopic (exact) mass is 491 g/mol. The molecule has 192 valence electrons. The van der Waals surface area contributed by atoms with Gasteiger partial charge in [-0.15, -0.1) is 0 Å². The average molecular weight is 492 g/mol. The zero-order valence-electron chi connectivity index (χ0n) is 21.7. The minimum Gasteiger partial charge on any atom is -0.497 e. The molecule has 0 aliphatic rings. The fourth-order valence-electron chi connectivity index (χ4n) is 4.02. The van der Waals surface area contributed by atoms with Crippen molar-refractivity contribution >= 4 is 12.2 Å². The standard InChI is InChI=1S/C31H38FNO3/c1-4-33(24-27-10-9-11-28(32)20-27)18-7-5-6-8-19-36-29-16-14-25(15-17-29)12-13-26-21-30(34-2)23-31(22-26)35-3/h9-17,20-23H,4-8,18-19,24H2,1-3H3/b13-12+. The number of halogens is 1. The zero-order valence-corrected chi connectivity index (χ0v) is 21.7. The molecule has 0 saturated carbocycles. The second-order valence-electron chi connectivity index (χ2n) is 8.81. The van der Waals surface area contributed by atoms with Gasteiger partial charge in [-0.1, -0.05) is 56.2 Å². The van der Waals surface area contributed by atoms with Crippen molar-refractivity contribution in [3.05, 3.63) is 89.2 Å². The molecule has 3 rings (SSSR count). The van der Waals surface area contributed by atoms with Gasteiger partial charge in [-0.05, 0) is 79.0 Å². The highest BCUT2D eigenvalue weighted by Gasteiger charge is 2.05. The van der Waals surface area contributed by atoms with E-state index >= 15 is 0 Å². The van der Waals surface area contributed by atoms with E-state index in [1.165, 1.54) is 12.5 Å². The summed E-state index contributed by atoms with van der Waals surface area (Å²) in [5.74, 6) is 2.26. The molecule has 0 heterocycles. The van der Waals surface area contributed by atoms with Crippen molar-refractivity contribution in [3.63, 3.8) is 0 Å². The van der Waals surface area contributed by atoms with E-state index in [1.807, 2.05) is 42.5 Å². The molecule has 0 bridgehead atoms. The number of benzene rings is 3. The van der Waals surface area contributed by atoms with Gasteiger partial charge in [0.1, 0.15) is 23.1 Å². The minimum atomic E-state index is -0.163. The van der Waals surface area contributed by atoms with Gasteiger partial charge >= 0.3 is 0 Å². The van der Waals surface area contributed by atoms with E-state index in [-0.39, 0.29) is 5.82 Å². The van der Waals surface area contributed by atoms with E-state index in [2.05, 4.69) is 30.0 Å². The zero-order chi connectivity index (χ0) is 25.6. The average Bonchev–Trinajstić information content (AvgIpc) is 2.91. The summed E-state index contributed by atoms with van der Waals surface area (Å²) in [5, 5.41) is 0. The second-order valence-corrected chi connectivity index (χ2v) is 8.81. The van der Waals surface area contributed by atoms with Crippen LogP contribution in [0.4, 0.5) is 4.39 Å². The van der Waals surface area contributed by atoms with Gasteiger partial charge in [0, 0.05) is 12.6 Å². The maximum absolute atomic E-state index is 13.4. The Kier molecular flexibility index (Phi) is 11.3. The summed E-state index contributed by atoms with van der Waals surface area (Å²) in [6, 6.07) is 20.8. The Balaban J connectivity index is 1.33. The highest BCUT2D eigenvalue weighted by Crippen LogP contribution is 2.24. The summed E-state index contributed by atoms with van der Waals surface area (Å²) < 4.78 is 30.0. The van der Waals surface area contributed by atoms with Crippen LogP contribution >= 0.6 is 0 Å². The molecule has 0 amide bonds. The van der Waals surface area contributed by atoms with Gasteiger partial charge in [0.25, 0.3) is 0 Å². The summed E-state index contributed by atoms with van der Waals surface area (Å²) in [7, 11) is 3.30. The summed E-state index contributed by atoms with van der Waals surface area (Å²) in [4.78, 5) is 2.37. The number of unbranched alkanes of at least 4 members (excludes halogenated alkanes) is 3. The van der Waals surface area contributed by atoms with E-state index in [9.17, 15) is 4.39 Å². The van der Waals surface area contributed by atoms with Crippen LogP contribution in [0.1, 0.15) is 49.3 Å². The van der Waals surface area contributed by atoms with E-state index < -0.39 is 0 Å². The van der Waals surface area contributed by atoms with E-state index in [0.29, 0.717) is 0 Å². The molecule has 0 atom stereocenters. The third kappa shape index (κ3) is 9.38. The first-order valence-electron chi connectivity index (χ1n) is 12.7. The predicted octanol–water partition coefficient (Wildman–Crippen LogP) is 7.47. The topological polar surface area (TPSA) is 30.9 Å². The number of hydrogen-bond donors (Lipinski definition) is 0. The molecule has 0 fully saturated rings. The normalized spacial score (nSPS) is 11.2. The maximum atomic E-state index is 13.4. The van der Waals surface area contributed by atoms with Crippen LogP contribution in [0.5, 0.6) is 17.2 Å². The third-order valence-corrected chi connectivity index (χ3v) is 6.10. The molecule has 3 aromatic carbocycles. The first-order chi connectivity index (χ1) is 17.6. The predicted molar refractivity (Wildman–Crippen MR) is 146 cm³/mol. The number of hydrogen-bond acceptors (Lipinski definition) is 4. The summed E-state index contributed by atoms with van der Waals surface area (Å²) in [6.07, 6.45) is 8.59. The molecule has 3 aromatic rings. The van der Waals surface area contributed by atoms with Crippen LogP contribution in [0.15, 0.2) is 66.7 Å². The van der Waals surface area contributed by atoms with Crippen molar-refractivity contribution in [1.29, 1.82) is 0 Å². The molecule has 0 N–H and O–H groups in total. The van der Waals surface area contributed by atoms with Crippen molar-refractivity contribution in [2.24, 2.45) is 0 Å². The molecule has 4 nitrogen and oxygen atoms in total. The van der Waals surface area contributed by atoms with Gasteiger partial charge in [-0.2, -0.15) is 0 Å². The molecule has 5 heteroatoms. The Bertz CT molecular complexity index is 1060. The number of ether oxygens (including phenoxy) is 3. The quantitative estimate of drug-likeness (QED) is 0.163. The van der Waals surface area contributed by atoms with E-state index in [0.717, 1.165) is 79.4 Å². The van der Waals surface area contributed by atoms with Crippen LogP contribution in [0, 0.1) is 5.82 Å². The first kappa shape index (κ1) is 27.3. The van der Waals surface area contributed by atoms with Gasteiger partial charge in [-0.3, -0.25) is 4.90 Å². The van der Waals surface area contributed by atoms with Crippen LogP contribution in [0.25, 0.3) is 12.2 Å². The van der Waals surface area contributed by atoms with Crippen molar-refractivity contribution in [1.82, 2.24) is 4.90 Å². The van der Waals surface area contributed by atoms with Crippen molar-refractivity contribution in [2.75, 3.05) is 33.9 Å². The molecule has 0 spiro atoms. The van der Waals surface area contributed by atoms with Crippen molar-refractivity contribution in [3.8, 4) is 17.2 Å². The molecule has 0 radical (unpaired) electrons. The lowest BCUT2D eigenvalue weighted by atomic mass is 10.1. The molecule has 0 saturated heterocycles.